The van der Waals surface area contributed by atoms with E-state index in [0.717, 1.165) is 27.7 Å². The van der Waals surface area contributed by atoms with Gasteiger partial charge in [0.15, 0.2) is 0 Å². The number of rotatable bonds is 2. The number of para-hydroxylation sites is 1. The van der Waals surface area contributed by atoms with Gasteiger partial charge in [-0.25, -0.2) is 4.98 Å². The molecule has 2 aromatic rings. The largest absolute Gasteiger partial charge is 0.494 e. The first-order chi connectivity index (χ1) is 7.26. The molecule has 0 spiro atoms. The summed E-state index contributed by atoms with van der Waals surface area (Å²) in [5, 5.41) is 1.98. The van der Waals surface area contributed by atoms with E-state index in [-0.39, 0.29) is 0 Å². The van der Waals surface area contributed by atoms with Crippen molar-refractivity contribution in [3.63, 3.8) is 0 Å². The van der Waals surface area contributed by atoms with Crippen molar-refractivity contribution in [2.45, 2.75) is 12.3 Å². The number of ether oxygens (including phenoxy) is 1. The lowest BCUT2D eigenvalue weighted by molar-refractivity contribution is 0.419. The Balaban J connectivity index is 2.82. The van der Waals surface area contributed by atoms with Crippen LogP contribution in [0.2, 0.25) is 0 Å². The fraction of sp³-hybridized carbons (Fsp3) is 0.250. The number of aryl methyl sites for hydroxylation is 1. The first-order valence-corrected chi connectivity index (χ1v) is 5.87. The molecule has 0 bridgehead atoms. The average Bonchev–Trinajstić information content (AvgIpc) is 2.27. The molecule has 15 heavy (non-hydrogen) atoms. The second-order valence-corrected chi connectivity index (χ2v) is 3.97. The Morgan fingerprint density at radius 2 is 2.20 bits per heavy atom. The van der Waals surface area contributed by atoms with E-state index in [0.29, 0.717) is 0 Å². The molecule has 0 saturated heterocycles. The highest BCUT2D eigenvalue weighted by Gasteiger charge is 2.06. The van der Waals surface area contributed by atoms with Gasteiger partial charge in [-0.15, -0.1) is 0 Å². The number of nitrogens with zero attached hydrogens (tertiary/aromatic N) is 1. The number of hydrogen-bond donors (Lipinski definition) is 0. The van der Waals surface area contributed by atoms with Crippen molar-refractivity contribution in [1.82, 2.24) is 4.98 Å². The number of aromatic nitrogens is 1. The third-order valence-electron chi connectivity index (χ3n) is 2.38. The van der Waals surface area contributed by atoms with Gasteiger partial charge in [0.2, 0.25) is 0 Å². The van der Waals surface area contributed by atoms with Crippen molar-refractivity contribution in [1.29, 1.82) is 0 Å². The first-order valence-electron chi connectivity index (χ1n) is 4.75. The van der Waals surface area contributed by atoms with Crippen molar-refractivity contribution >= 4 is 26.8 Å². The van der Waals surface area contributed by atoms with Gasteiger partial charge in [0.25, 0.3) is 0 Å². The number of pyridine rings is 1. The molecule has 0 N–H and O–H groups in total. The van der Waals surface area contributed by atoms with Gasteiger partial charge in [-0.1, -0.05) is 28.1 Å². The maximum atomic E-state index is 5.30. The smallest absolute Gasteiger partial charge is 0.145 e. The Morgan fingerprint density at radius 3 is 2.87 bits per heavy atom. The van der Waals surface area contributed by atoms with E-state index in [4.69, 9.17) is 4.74 Å². The molecule has 2 rings (SSSR count). The summed E-state index contributed by atoms with van der Waals surface area (Å²) in [6.07, 6.45) is 0. The molecule has 0 atom stereocenters. The first kappa shape index (κ1) is 10.4. The van der Waals surface area contributed by atoms with Gasteiger partial charge in [-0.2, -0.15) is 0 Å². The fourth-order valence-electron chi connectivity index (χ4n) is 1.71. The summed E-state index contributed by atoms with van der Waals surface area (Å²) >= 11 is 3.49. The number of fused-ring (bicyclic) bond motifs is 1. The highest BCUT2D eigenvalue weighted by Crippen LogP contribution is 2.27. The molecule has 0 saturated carbocycles. The van der Waals surface area contributed by atoms with E-state index in [1.165, 1.54) is 5.56 Å². The standard InChI is InChI=1S/C12H12BrNO/c1-8-6-9(7-13)10-4-3-5-11(15-2)12(10)14-8/h3-6H,7H2,1-2H3. The maximum absolute atomic E-state index is 5.30. The highest BCUT2D eigenvalue weighted by molar-refractivity contribution is 9.08. The molecule has 0 amide bonds. The molecule has 1 aromatic carbocycles. The van der Waals surface area contributed by atoms with E-state index in [1.807, 2.05) is 19.1 Å². The van der Waals surface area contributed by atoms with Crippen LogP contribution in [0.4, 0.5) is 0 Å². The lowest BCUT2D eigenvalue weighted by Gasteiger charge is -2.08. The van der Waals surface area contributed by atoms with Crippen molar-refractivity contribution in [2.24, 2.45) is 0 Å². The van der Waals surface area contributed by atoms with Gasteiger partial charge in [0, 0.05) is 16.4 Å². The predicted octanol–water partition coefficient (Wildman–Crippen LogP) is 3.45. The van der Waals surface area contributed by atoms with Crippen LogP contribution in [-0.4, -0.2) is 12.1 Å². The predicted molar refractivity (Wildman–Crippen MR) is 65.7 cm³/mol. The molecule has 0 unspecified atom stereocenters. The molecular formula is C12H12BrNO. The minimum atomic E-state index is 0.832. The Morgan fingerprint density at radius 1 is 1.40 bits per heavy atom. The summed E-state index contributed by atoms with van der Waals surface area (Å²) in [5.41, 5.74) is 3.20. The molecule has 78 valence electrons. The zero-order valence-corrected chi connectivity index (χ0v) is 10.3. The van der Waals surface area contributed by atoms with E-state index in [2.05, 4.69) is 33.0 Å². The summed E-state index contributed by atoms with van der Waals surface area (Å²) in [5.74, 6) is 0.832. The molecular weight excluding hydrogens is 254 g/mol. The number of alkyl halides is 1. The van der Waals surface area contributed by atoms with E-state index in [1.54, 1.807) is 7.11 Å². The number of halogens is 1. The van der Waals surface area contributed by atoms with Gasteiger partial charge in [-0.05, 0) is 24.6 Å². The Kier molecular flexibility index (Phi) is 2.91. The number of methoxy groups -OCH3 is 1. The Hall–Kier alpha value is -1.09. The fourth-order valence-corrected chi connectivity index (χ4v) is 2.17. The Bertz CT molecular complexity index is 496. The van der Waals surface area contributed by atoms with Crippen molar-refractivity contribution < 1.29 is 4.74 Å². The van der Waals surface area contributed by atoms with E-state index >= 15 is 0 Å². The Labute approximate surface area is 97.4 Å². The second-order valence-electron chi connectivity index (χ2n) is 3.41. The summed E-state index contributed by atoms with van der Waals surface area (Å²) in [6, 6.07) is 8.09. The van der Waals surface area contributed by atoms with Crippen LogP contribution >= 0.6 is 15.9 Å². The maximum Gasteiger partial charge on any atom is 0.145 e. The van der Waals surface area contributed by atoms with Gasteiger partial charge in [-0.3, -0.25) is 0 Å². The zero-order chi connectivity index (χ0) is 10.8. The van der Waals surface area contributed by atoms with Crippen LogP contribution in [-0.2, 0) is 5.33 Å². The zero-order valence-electron chi connectivity index (χ0n) is 8.75. The molecule has 0 aliphatic rings. The van der Waals surface area contributed by atoms with Crippen LogP contribution in [0.3, 0.4) is 0 Å². The molecule has 0 radical (unpaired) electrons. The van der Waals surface area contributed by atoms with Crippen molar-refractivity contribution in [3.8, 4) is 5.75 Å². The van der Waals surface area contributed by atoms with Crippen LogP contribution < -0.4 is 4.74 Å². The van der Waals surface area contributed by atoms with Crippen molar-refractivity contribution in [3.05, 3.63) is 35.5 Å². The molecule has 0 aliphatic heterocycles. The lowest BCUT2D eigenvalue weighted by atomic mass is 10.1. The number of hydrogen-bond acceptors (Lipinski definition) is 2. The van der Waals surface area contributed by atoms with Gasteiger partial charge in [0.1, 0.15) is 11.3 Å². The van der Waals surface area contributed by atoms with E-state index < -0.39 is 0 Å². The summed E-state index contributed by atoms with van der Waals surface area (Å²) < 4.78 is 5.30. The topological polar surface area (TPSA) is 22.1 Å². The molecule has 1 aromatic heterocycles. The minimum absolute atomic E-state index is 0.832. The molecule has 1 heterocycles. The SMILES string of the molecule is COc1cccc2c(CBr)cc(C)nc12. The quantitative estimate of drug-likeness (QED) is 0.777. The normalized spacial score (nSPS) is 10.6. The van der Waals surface area contributed by atoms with Crippen LogP contribution in [0.25, 0.3) is 10.9 Å². The van der Waals surface area contributed by atoms with Crippen LogP contribution in [0.5, 0.6) is 5.75 Å². The molecule has 0 aliphatic carbocycles. The van der Waals surface area contributed by atoms with Crippen molar-refractivity contribution in [2.75, 3.05) is 7.11 Å². The van der Waals surface area contributed by atoms with Gasteiger partial charge < -0.3 is 4.74 Å². The monoisotopic (exact) mass is 265 g/mol. The summed E-state index contributed by atoms with van der Waals surface area (Å²) in [4.78, 5) is 4.51. The van der Waals surface area contributed by atoms with Gasteiger partial charge >= 0.3 is 0 Å². The molecule has 0 fully saturated rings. The summed E-state index contributed by atoms with van der Waals surface area (Å²) in [7, 11) is 1.67. The van der Waals surface area contributed by atoms with Crippen LogP contribution in [0.1, 0.15) is 11.3 Å². The average molecular weight is 266 g/mol. The minimum Gasteiger partial charge on any atom is -0.494 e. The lowest BCUT2D eigenvalue weighted by Crippen LogP contribution is -1.93. The summed E-state index contributed by atoms with van der Waals surface area (Å²) in [6.45, 7) is 2.00. The van der Waals surface area contributed by atoms with Crippen LogP contribution in [0.15, 0.2) is 24.3 Å². The third-order valence-corrected chi connectivity index (χ3v) is 2.98. The molecule has 3 heteroatoms. The van der Waals surface area contributed by atoms with Crippen LogP contribution in [0, 0.1) is 6.92 Å². The third kappa shape index (κ3) is 1.84. The molecule has 2 nitrogen and oxygen atoms in total. The second kappa shape index (κ2) is 4.19. The van der Waals surface area contributed by atoms with Gasteiger partial charge in [0.05, 0.1) is 7.11 Å². The number of benzene rings is 1. The highest BCUT2D eigenvalue weighted by atomic mass is 79.9. The van der Waals surface area contributed by atoms with E-state index in [9.17, 15) is 0 Å².